The zero-order valence-corrected chi connectivity index (χ0v) is 10.7. The van der Waals surface area contributed by atoms with Gasteiger partial charge in [0.2, 0.25) is 0 Å². The van der Waals surface area contributed by atoms with Gasteiger partial charge in [-0.2, -0.15) is 0 Å². The van der Waals surface area contributed by atoms with E-state index < -0.39 is 0 Å². The summed E-state index contributed by atoms with van der Waals surface area (Å²) < 4.78 is 0. The lowest BCUT2D eigenvalue weighted by Gasteiger charge is -2.29. The molecule has 0 aliphatic heterocycles. The van der Waals surface area contributed by atoms with Crippen molar-refractivity contribution in [2.45, 2.75) is 38.6 Å². The second-order valence-corrected chi connectivity index (χ2v) is 5.09. The Kier molecular flexibility index (Phi) is 4.37. The highest BCUT2D eigenvalue weighted by atomic mass is 15.1. The largest absolute Gasteiger partial charge is 0.374 e. The maximum Gasteiger partial charge on any atom is 0.0440 e. The molecule has 3 heteroatoms. The average Bonchev–Trinajstić information content (AvgIpc) is 2.40. The SMILES string of the molecule is CN(CC1CCCCC1)c1ccncc1CN. The molecule has 0 bridgehead atoms. The molecule has 1 saturated carbocycles. The van der Waals surface area contributed by atoms with Gasteiger partial charge in [-0.1, -0.05) is 19.3 Å². The van der Waals surface area contributed by atoms with E-state index >= 15 is 0 Å². The Morgan fingerprint density at radius 3 is 2.82 bits per heavy atom. The minimum absolute atomic E-state index is 0.568. The van der Waals surface area contributed by atoms with Gasteiger partial charge in [0.1, 0.15) is 0 Å². The lowest BCUT2D eigenvalue weighted by Crippen LogP contribution is -2.27. The van der Waals surface area contributed by atoms with Crippen molar-refractivity contribution in [1.82, 2.24) is 4.98 Å². The van der Waals surface area contributed by atoms with E-state index in [9.17, 15) is 0 Å². The highest BCUT2D eigenvalue weighted by molar-refractivity contribution is 5.51. The van der Waals surface area contributed by atoms with Crippen LogP contribution in [0.2, 0.25) is 0 Å². The van der Waals surface area contributed by atoms with Gasteiger partial charge in [-0.25, -0.2) is 0 Å². The monoisotopic (exact) mass is 233 g/mol. The summed E-state index contributed by atoms with van der Waals surface area (Å²) in [5, 5.41) is 0. The third kappa shape index (κ3) is 3.19. The molecule has 94 valence electrons. The van der Waals surface area contributed by atoms with Crippen LogP contribution in [-0.4, -0.2) is 18.6 Å². The predicted molar refractivity (Wildman–Crippen MR) is 72.0 cm³/mol. The molecule has 17 heavy (non-hydrogen) atoms. The summed E-state index contributed by atoms with van der Waals surface area (Å²) in [6, 6.07) is 2.07. The molecule has 1 fully saturated rings. The maximum atomic E-state index is 5.75. The minimum Gasteiger partial charge on any atom is -0.374 e. The zero-order valence-electron chi connectivity index (χ0n) is 10.7. The normalized spacial score (nSPS) is 17.1. The van der Waals surface area contributed by atoms with Gasteiger partial charge in [0.15, 0.2) is 0 Å². The number of aromatic nitrogens is 1. The highest BCUT2D eigenvalue weighted by Crippen LogP contribution is 2.26. The Balaban J connectivity index is 2.00. The van der Waals surface area contributed by atoms with Crippen molar-refractivity contribution in [3.63, 3.8) is 0 Å². The molecule has 0 radical (unpaired) electrons. The van der Waals surface area contributed by atoms with Gasteiger partial charge in [-0.15, -0.1) is 0 Å². The fraction of sp³-hybridized carbons (Fsp3) is 0.643. The van der Waals surface area contributed by atoms with Crippen molar-refractivity contribution >= 4 is 5.69 Å². The molecule has 0 atom stereocenters. The number of rotatable bonds is 4. The first-order valence-electron chi connectivity index (χ1n) is 6.65. The molecule has 2 rings (SSSR count). The predicted octanol–water partition coefficient (Wildman–Crippen LogP) is 2.56. The second kappa shape index (κ2) is 6.01. The first-order chi connectivity index (χ1) is 8.31. The molecule has 0 spiro atoms. The van der Waals surface area contributed by atoms with E-state index in [1.54, 1.807) is 0 Å². The summed E-state index contributed by atoms with van der Waals surface area (Å²) >= 11 is 0. The molecule has 1 aliphatic carbocycles. The summed E-state index contributed by atoms with van der Waals surface area (Å²) in [5.41, 5.74) is 8.14. The average molecular weight is 233 g/mol. The molecule has 1 aliphatic rings. The van der Waals surface area contributed by atoms with Crippen molar-refractivity contribution < 1.29 is 0 Å². The Bertz CT molecular complexity index is 345. The van der Waals surface area contributed by atoms with Crippen LogP contribution in [0.25, 0.3) is 0 Å². The van der Waals surface area contributed by atoms with Crippen molar-refractivity contribution in [3.05, 3.63) is 24.0 Å². The molecular weight excluding hydrogens is 210 g/mol. The van der Waals surface area contributed by atoms with E-state index in [1.807, 2.05) is 12.4 Å². The first kappa shape index (κ1) is 12.4. The topological polar surface area (TPSA) is 42.2 Å². The van der Waals surface area contributed by atoms with E-state index in [0.29, 0.717) is 6.54 Å². The smallest absolute Gasteiger partial charge is 0.0440 e. The highest BCUT2D eigenvalue weighted by Gasteiger charge is 2.16. The van der Waals surface area contributed by atoms with Gasteiger partial charge < -0.3 is 10.6 Å². The minimum atomic E-state index is 0.568. The fourth-order valence-corrected chi connectivity index (χ4v) is 2.80. The van der Waals surface area contributed by atoms with Crippen LogP contribution < -0.4 is 10.6 Å². The Hall–Kier alpha value is -1.09. The maximum absolute atomic E-state index is 5.75. The van der Waals surface area contributed by atoms with E-state index in [1.165, 1.54) is 37.8 Å². The van der Waals surface area contributed by atoms with Gasteiger partial charge in [0.05, 0.1) is 0 Å². The molecule has 1 heterocycles. The van der Waals surface area contributed by atoms with Crippen molar-refractivity contribution in [2.75, 3.05) is 18.5 Å². The third-order valence-corrected chi connectivity index (χ3v) is 3.77. The summed E-state index contributed by atoms with van der Waals surface area (Å²) in [5.74, 6) is 0.854. The third-order valence-electron chi connectivity index (χ3n) is 3.77. The lowest BCUT2D eigenvalue weighted by atomic mass is 9.89. The van der Waals surface area contributed by atoms with Crippen LogP contribution in [0, 0.1) is 5.92 Å². The molecule has 0 saturated heterocycles. The molecule has 1 aromatic heterocycles. The van der Waals surface area contributed by atoms with E-state index in [2.05, 4.69) is 23.0 Å². The summed E-state index contributed by atoms with van der Waals surface area (Å²) in [6.07, 6.45) is 10.7. The van der Waals surface area contributed by atoms with Gasteiger partial charge in [0, 0.05) is 43.8 Å². The summed E-state index contributed by atoms with van der Waals surface area (Å²) in [6.45, 7) is 1.72. The van der Waals surface area contributed by atoms with Crippen LogP contribution in [0.1, 0.15) is 37.7 Å². The Labute approximate surface area is 104 Å². The van der Waals surface area contributed by atoms with Crippen LogP contribution in [0.5, 0.6) is 0 Å². The Morgan fingerprint density at radius 1 is 1.35 bits per heavy atom. The molecule has 0 unspecified atom stereocenters. The van der Waals surface area contributed by atoms with Crippen molar-refractivity contribution in [2.24, 2.45) is 11.7 Å². The fourth-order valence-electron chi connectivity index (χ4n) is 2.80. The van der Waals surface area contributed by atoms with Crippen molar-refractivity contribution in [1.29, 1.82) is 0 Å². The molecule has 2 N–H and O–H groups in total. The standard InChI is InChI=1S/C14H23N3/c1-17(11-12-5-3-2-4-6-12)14-7-8-16-10-13(14)9-15/h7-8,10,12H,2-6,9,11,15H2,1H3. The number of pyridine rings is 1. The van der Waals surface area contributed by atoms with E-state index in [-0.39, 0.29) is 0 Å². The first-order valence-corrected chi connectivity index (χ1v) is 6.65. The van der Waals surface area contributed by atoms with Gasteiger partial charge >= 0.3 is 0 Å². The van der Waals surface area contributed by atoms with Gasteiger partial charge in [-0.3, -0.25) is 4.98 Å². The van der Waals surface area contributed by atoms with Crippen LogP contribution in [0.3, 0.4) is 0 Å². The van der Waals surface area contributed by atoms with Crippen LogP contribution in [0.4, 0.5) is 5.69 Å². The molecular formula is C14H23N3. The molecule has 0 aromatic carbocycles. The van der Waals surface area contributed by atoms with Gasteiger partial charge in [0.25, 0.3) is 0 Å². The number of nitrogens with zero attached hydrogens (tertiary/aromatic N) is 2. The number of hydrogen-bond acceptors (Lipinski definition) is 3. The van der Waals surface area contributed by atoms with E-state index in [4.69, 9.17) is 5.73 Å². The molecule has 3 nitrogen and oxygen atoms in total. The lowest BCUT2D eigenvalue weighted by molar-refractivity contribution is 0.362. The number of nitrogens with two attached hydrogens (primary N) is 1. The van der Waals surface area contributed by atoms with Gasteiger partial charge in [-0.05, 0) is 24.8 Å². The summed E-state index contributed by atoms with van der Waals surface area (Å²) in [7, 11) is 2.17. The molecule has 0 amide bonds. The van der Waals surface area contributed by atoms with Crippen LogP contribution in [-0.2, 0) is 6.54 Å². The number of hydrogen-bond donors (Lipinski definition) is 1. The quantitative estimate of drug-likeness (QED) is 0.869. The van der Waals surface area contributed by atoms with Crippen LogP contribution >= 0.6 is 0 Å². The second-order valence-electron chi connectivity index (χ2n) is 5.09. The van der Waals surface area contributed by atoms with Crippen molar-refractivity contribution in [3.8, 4) is 0 Å². The Morgan fingerprint density at radius 2 is 2.12 bits per heavy atom. The van der Waals surface area contributed by atoms with Crippen LogP contribution in [0.15, 0.2) is 18.5 Å². The molecule has 1 aromatic rings. The zero-order chi connectivity index (χ0) is 12.1. The summed E-state index contributed by atoms with van der Waals surface area (Å²) in [4.78, 5) is 6.49. The number of anilines is 1. The van der Waals surface area contributed by atoms with E-state index in [0.717, 1.165) is 18.0 Å².